The first-order valence-electron chi connectivity index (χ1n) is 7.95. The van der Waals surface area contributed by atoms with E-state index in [1.807, 2.05) is 12.1 Å². The summed E-state index contributed by atoms with van der Waals surface area (Å²) in [7, 11) is 1.57. The third-order valence-corrected chi connectivity index (χ3v) is 4.16. The number of nitrogens with zero attached hydrogens (tertiary/aromatic N) is 4. The summed E-state index contributed by atoms with van der Waals surface area (Å²) in [6.07, 6.45) is 4.96. The Morgan fingerprint density at radius 3 is 2.70 bits per heavy atom. The molecule has 0 saturated carbocycles. The Morgan fingerprint density at radius 2 is 2.04 bits per heavy atom. The van der Waals surface area contributed by atoms with Crippen molar-refractivity contribution < 1.29 is 9.59 Å². The van der Waals surface area contributed by atoms with Gasteiger partial charge in [-0.1, -0.05) is 6.07 Å². The Bertz CT molecular complexity index is 620. The lowest BCUT2D eigenvalue weighted by Gasteiger charge is -2.19. The SMILES string of the molecule is CN1N=C(C(=O)NCc2ccc(N3CCCC3)nc2)CCC1=O. The second kappa shape index (κ2) is 6.76. The van der Waals surface area contributed by atoms with Crippen molar-refractivity contribution in [3.05, 3.63) is 23.9 Å². The largest absolute Gasteiger partial charge is 0.357 e. The number of carbonyl (C=O) groups excluding carboxylic acids is 2. The first-order valence-corrected chi connectivity index (χ1v) is 7.95. The summed E-state index contributed by atoms with van der Waals surface area (Å²) in [5.41, 5.74) is 1.34. The summed E-state index contributed by atoms with van der Waals surface area (Å²) in [4.78, 5) is 30.2. The van der Waals surface area contributed by atoms with Gasteiger partial charge in [-0.2, -0.15) is 5.10 Å². The highest BCUT2D eigenvalue weighted by Crippen LogP contribution is 2.17. The molecule has 1 fully saturated rings. The fraction of sp³-hybridized carbons (Fsp3) is 0.500. The van der Waals surface area contributed by atoms with Crippen LogP contribution in [0, 0.1) is 0 Å². The number of nitrogens with one attached hydrogen (secondary N) is 1. The van der Waals surface area contributed by atoms with Crippen LogP contribution in [0.4, 0.5) is 5.82 Å². The Labute approximate surface area is 135 Å². The average Bonchev–Trinajstić information content (AvgIpc) is 3.10. The summed E-state index contributed by atoms with van der Waals surface area (Å²) < 4.78 is 0. The van der Waals surface area contributed by atoms with Gasteiger partial charge >= 0.3 is 0 Å². The van der Waals surface area contributed by atoms with Crippen molar-refractivity contribution in [2.24, 2.45) is 5.10 Å². The van der Waals surface area contributed by atoms with Crippen LogP contribution in [0.5, 0.6) is 0 Å². The van der Waals surface area contributed by atoms with Crippen LogP contribution in [0.15, 0.2) is 23.4 Å². The van der Waals surface area contributed by atoms with Gasteiger partial charge in [-0.3, -0.25) is 9.59 Å². The predicted molar refractivity (Wildman–Crippen MR) is 87.0 cm³/mol. The lowest BCUT2D eigenvalue weighted by atomic mass is 10.1. The highest BCUT2D eigenvalue weighted by atomic mass is 16.2. The van der Waals surface area contributed by atoms with Gasteiger partial charge in [0.15, 0.2) is 0 Å². The first-order chi connectivity index (χ1) is 11.1. The number of aromatic nitrogens is 1. The van der Waals surface area contributed by atoms with Crippen LogP contribution in [-0.2, 0) is 16.1 Å². The first kappa shape index (κ1) is 15.5. The number of hydrogen-bond acceptors (Lipinski definition) is 5. The zero-order chi connectivity index (χ0) is 16.2. The lowest BCUT2D eigenvalue weighted by molar-refractivity contribution is -0.130. The molecule has 0 unspecified atom stereocenters. The van der Waals surface area contributed by atoms with Gasteiger partial charge in [0.25, 0.3) is 5.91 Å². The maximum atomic E-state index is 12.1. The molecule has 0 aliphatic carbocycles. The van der Waals surface area contributed by atoms with Gasteiger partial charge < -0.3 is 10.2 Å². The number of pyridine rings is 1. The maximum absolute atomic E-state index is 12.1. The molecule has 2 amide bonds. The second-order valence-corrected chi connectivity index (χ2v) is 5.87. The Balaban J connectivity index is 1.54. The fourth-order valence-electron chi connectivity index (χ4n) is 2.77. The van der Waals surface area contributed by atoms with Crippen molar-refractivity contribution in [3.8, 4) is 0 Å². The Morgan fingerprint density at radius 1 is 1.26 bits per heavy atom. The summed E-state index contributed by atoms with van der Waals surface area (Å²) in [5.74, 6) is 0.700. The van der Waals surface area contributed by atoms with Crippen molar-refractivity contribution in [3.63, 3.8) is 0 Å². The number of carbonyl (C=O) groups is 2. The van der Waals surface area contributed by atoms with E-state index in [9.17, 15) is 9.59 Å². The molecule has 2 aliphatic rings. The quantitative estimate of drug-likeness (QED) is 0.896. The highest BCUT2D eigenvalue weighted by Gasteiger charge is 2.21. The normalized spacial score (nSPS) is 18.1. The molecule has 1 N–H and O–H groups in total. The van der Waals surface area contributed by atoms with Crippen LogP contribution in [0.2, 0.25) is 0 Å². The number of rotatable bonds is 4. The monoisotopic (exact) mass is 315 g/mol. The van der Waals surface area contributed by atoms with Crippen LogP contribution >= 0.6 is 0 Å². The lowest BCUT2D eigenvalue weighted by Crippen LogP contribution is -2.37. The van der Waals surface area contributed by atoms with Gasteiger partial charge in [0, 0.05) is 45.7 Å². The molecule has 0 aromatic carbocycles. The number of amides is 2. The second-order valence-electron chi connectivity index (χ2n) is 5.87. The molecule has 122 valence electrons. The van der Waals surface area contributed by atoms with E-state index in [-0.39, 0.29) is 11.8 Å². The molecule has 0 atom stereocenters. The van der Waals surface area contributed by atoms with E-state index in [0.29, 0.717) is 25.1 Å². The van der Waals surface area contributed by atoms with Crippen LogP contribution in [0.1, 0.15) is 31.2 Å². The molecular formula is C16H21N5O2. The molecule has 1 aromatic heterocycles. The molecule has 0 spiro atoms. The molecule has 7 heteroatoms. The van der Waals surface area contributed by atoms with Crippen molar-refractivity contribution in [1.82, 2.24) is 15.3 Å². The summed E-state index contributed by atoms with van der Waals surface area (Å²) in [5, 5.41) is 8.07. The Hall–Kier alpha value is -2.44. The fourth-order valence-corrected chi connectivity index (χ4v) is 2.77. The topological polar surface area (TPSA) is 77.9 Å². The number of anilines is 1. The maximum Gasteiger partial charge on any atom is 0.267 e. The third kappa shape index (κ3) is 3.67. The van der Waals surface area contributed by atoms with Gasteiger partial charge in [-0.15, -0.1) is 0 Å². The summed E-state index contributed by atoms with van der Waals surface area (Å²) in [6.45, 7) is 2.53. The van der Waals surface area contributed by atoms with Crippen molar-refractivity contribution in [2.75, 3.05) is 25.0 Å². The van der Waals surface area contributed by atoms with Crippen LogP contribution < -0.4 is 10.2 Å². The molecule has 0 bridgehead atoms. The predicted octanol–water partition coefficient (Wildman–Crippen LogP) is 0.906. The minimum absolute atomic E-state index is 0.0664. The van der Waals surface area contributed by atoms with E-state index in [2.05, 4.69) is 20.3 Å². The average molecular weight is 315 g/mol. The molecule has 0 radical (unpaired) electrons. The van der Waals surface area contributed by atoms with E-state index in [4.69, 9.17) is 0 Å². The van der Waals surface area contributed by atoms with E-state index >= 15 is 0 Å². The van der Waals surface area contributed by atoms with E-state index < -0.39 is 0 Å². The zero-order valence-corrected chi connectivity index (χ0v) is 13.3. The van der Waals surface area contributed by atoms with E-state index in [0.717, 1.165) is 24.5 Å². The van der Waals surface area contributed by atoms with E-state index in [1.54, 1.807) is 13.2 Å². The van der Waals surface area contributed by atoms with Gasteiger partial charge in [0.2, 0.25) is 5.91 Å². The van der Waals surface area contributed by atoms with Crippen LogP contribution in [0.3, 0.4) is 0 Å². The molecular weight excluding hydrogens is 294 g/mol. The van der Waals surface area contributed by atoms with Crippen LogP contribution in [-0.4, -0.2) is 47.7 Å². The van der Waals surface area contributed by atoms with Crippen LogP contribution in [0.25, 0.3) is 0 Å². The number of hydrogen-bond donors (Lipinski definition) is 1. The standard InChI is InChI=1S/C16H21N5O2/c1-20-15(22)7-5-13(19-20)16(23)18-11-12-4-6-14(17-10-12)21-8-2-3-9-21/h4,6,10H,2-3,5,7-9,11H2,1H3,(H,18,23). The number of hydrazone groups is 1. The van der Waals surface area contributed by atoms with Gasteiger partial charge in [0.1, 0.15) is 11.5 Å². The molecule has 1 aromatic rings. The molecule has 7 nitrogen and oxygen atoms in total. The smallest absolute Gasteiger partial charge is 0.267 e. The molecule has 1 saturated heterocycles. The zero-order valence-electron chi connectivity index (χ0n) is 13.3. The van der Waals surface area contributed by atoms with Crippen molar-refractivity contribution in [2.45, 2.75) is 32.2 Å². The van der Waals surface area contributed by atoms with Crippen molar-refractivity contribution in [1.29, 1.82) is 0 Å². The highest BCUT2D eigenvalue weighted by molar-refractivity contribution is 6.39. The molecule has 3 heterocycles. The summed E-state index contributed by atoms with van der Waals surface area (Å²) >= 11 is 0. The van der Waals surface area contributed by atoms with Gasteiger partial charge in [-0.25, -0.2) is 9.99 Å². The van der Waals surface area contributed by atoms with Gasteiger partial charge in [0.05, 0.1) is 0 Å². The molecule has 23 heavy (non-hydrogen) atoms. The van der Waals surface area contributed by atoms with E-state index in [1.165, 1.54) is 17.9 Å². The summed E-state index contributed by atoms with van der Waals surface area (Å²) in [6, 6.07) is 3.98. The minimum atomic E-state index is -0.229. The van der Waals surface area contributed by atoms with Gasteiger partial charge in [-0.05, 0) is 24.5 Å². The third-order valence-electron chi connectivity index (χ3n) is 4.16. The molecule has 2 aliphatic heterocycles. The Kier molecular flexibility index (Phi) is 4.55. The molecule has 3 rings (SSSR count). The van der Waals surface area contributed by atoms with Crippen molar-refractivity contribution >= 4 is 23.3 Å². The minimum Gasteiger partial charge on any atom is -0.357 e.